The molecule has 2 rings (SSSR count). The van der Waals surface area contributed by atoms with Crippen LogP contribution in [0.1, 0.15) is 30.9 Å². The van der Waals surface area contributed by atoms with Crippen molar-refractivity contribution in [2.45, 2.75) is 32.4 Å². The van der Waals surface area contributed by atoms with Gasteiger partial charge in [-0.3, -0.25) is 10.3 Å². The van der Waals surface area contributed by atoms with Gasteiger partial charge in [0.15, 0.2) is 0 Å². The Morgan fingerprint density at radius 2 is 2.24 bits per heavy atom. The number of nitrogens with one attached hydrogen (secondary N) is 1. The molecule has 4 heteroatoms. The van der Waals surface area contributed by atoms with Crippen molar-refractivity contribution < 1.29 is 4.39 Å². The highest BCUT2D eigenvalue weighted by atomic mass is 19.1. The Morgan fingerprint density at radius 1 is 1.53 bits per heavy atom. The van der Waals surface area contributed by atoms with Gasteiger partial charge in [-0.05, 0) is 37.1 Å². The molecule has 1 fully saturated rings. The van der Waals surface area contributed by atoms with E-state index in [1.54, 1.807) is 6.07 Å². The summed E-state index contributed by atoms with van der Waals surface area (Å²) in [5.74, 6) is -0.403. The molecular formula is C13H18FN3. The standard InChI is InChI=1S/C13H18FN3/c1-2-17(11-5-6-11)8-9-3-4-10(14)7-12(9)13(15)16/h3-4,7,11H,2,5-6,8H2,1H3,(H3,15,16). The lowest BCUT2D eigenvalue weighted by atomic mass is 10.1. The minimum atomic E-state index is -0.339. The third-order valence-corrected chi connectivity index (χ3v) is 3.20. The molecule has 1 aromatic carbocycles. The fraction of sp³-hybridized carbons (Fsp3) is 0.462. The van der Waals surface area contributed by atoms with Crippen LogP contribution in [-0.4, -0.2) is 23.3 Å². The summed E-state index contributed by atoms with van der Waals surface area (Å²) in [5.41, 5.74) is 6.95. The van der Waals surface area contributed by atoms with Crippen molar-refractivity contribution in [3.8, 4) is 0 Å². The molecule has 0 radical (unpaired) electrons. The fourth-order valence-electron chi connectivity index (χ4n) is 2.09. The van der Waals surface area contributed by atoms with E-state index in [1.807, 2.05) is 0 Å². The maximum atomic E-state index is 13.1. The number of rotatable bonds is 5. The summed E-state index contributed by atoms with van der Waals surface area (Å²) in [4.78, 5) is 2.35. The molecule has 0 amide bonds. The summed E-state index contributed by atoms with van der Waals surface area (Å²) in [6.45, 7) is 3.84. The topological polar surface area (TPSA) is 53.1 Å². The molecule has 0 bridgehead atoms. The molecular weight excluding hydrogens is 217 g/mol. The molecule has 1 aromatic rings. The average molecular weight is 235 g/mol. The van der Waals surface area contributed by atoms with Crippen LogP contribution in [0.15, 0.2) is 18.2 Å². The van der Waals surface area contributed by atoms with Crippen molar-refractivity contribution in [1.82, 2.24) is 4.90 Å². The lowest BCUT2D eigenvalue weighted by molar-refractivity contribution is 0.269. The highest BCUT2D eigenvalue weighted by molar-refractivity contribution is 5.96. The third kappa shape index (κ3) is 2.82. The van der Waals surface area contributed by atoms with E-state index >= 15 is 0 Å². The van der Waals surface area contributed by atoms with E-state index in [-0.39, 0.29) is 11.7 Å². The first kappa shape index (κ1) is 12.0. The summed E-state index contributed by atoms with van der Waals surface area (Å²) in [6, 6.07) is 5.17. The molecule has 0 saturated heterocycles. The van der Waals surface area contributed by atoms with Crippen LogP contribution in [0.4, 0.5) is 4.39 Å². The zero-order chi connectivity index (χ0) is 12.4. The fourth-order valence-corrected chi connectivity index (χ4v) is 2.09. The van der Waals surface area contributed by atoms with Crippen LogP contribution in [0, 0.1) is 11.2 Å². The Labute approximate surface area is 101 Å². The van der Waals surface area contributed by atoms with Gasteiger partial charge in [0, 0.05) is 18.2 Å². The summed E-state index contributed by atoms with van der Waals surface area (Å²) >= 11 is 0. The molecule has 1 aliphatic carbocycles. The number of nitrogens with two attached hydrogens (primary N) is 1. The van der Waals surface area contributed by atoms with Gasteiger partial charge in [0.05, 0.1) is 0 Å². The molecule has 3 nitrogen and oxygen atoms in total. The van der Waals surface area contributed by atoms with E-state index in [9.17, 15) is 4.39 Å². The van der Waals surface area contributed by atoms with Gasteiger partial charge in [0.1, 0.15) is 11.7 Å². The number of hydrogen-bond donors (Lipinski definition) is 2. The minimum absolute atomic E-state index is 0.0636. The Morgan fingerprint density at radius 3 is 2.76 bits per heavy atom. The van der Waals surface area contributed by atoms with Gasteiger partial charge in [-0.1, -0.05) is 13.0 Å². The molecule has 0 spiro atoms. The van der Waals surface area contributed by atoms with Crippen LogP contribution < -0.4 is 5.73 Å². The van der Waals surface area contributed by atoms with Gasteiger partial charge in [0.25, 0.3) is 0 Å². The molecule has 0 heterocycles. The highest BCUT2D eigenvalue weighted by Gasteiger charge is 2.28. The van der Waals surface area contributed by atoms with E-state index in [0.717, 1.165) is 18.7 Å². The second kappa shape index (κ2) is 4.84. The molecule has 17 heavy (non-hydrogen) atoms. The van der Waals surface area contributed by atoms with Gasteiger partial charge in [-0.15, -0.1) is 0 Å². The Balaban J connectivity index is 2.21. The lowest BCUT2D eigenvalue weighted by Gasteiger charge is -2.21. The third-order valence-electron chi connectivity index (χ3n) is 3.20. The molecule has 0 atom stereocenters. The Bertz CT molecular complexity index is 427. The Kier molecular flexibility index (Phi) is 3.43. The number of benzene rings is 1. The zero-order valence-electron chi connectivity index (χ0n) is 10.0. The second-order valence-corrected chi connectivity index (χ2v) is 4.51. The van der Waals surface area contributed by atoms with Crippen molar-refractivity contribution in [1.29, 1.82) is 5.41 Å². The van der Waals surface area contributed by atoms with Gasteiger partial charge in [-0.25, -0.2) is 4.39 Å². The van der Waals surface area contributed by atoms with E-state index in [4.69, 9.17) is 11.1 Å². The maximum Gasteiger partial charge on any atom is 0.123 e. The predicted molar refractivity (Wildman–Crippen MR) is 66.5 cm³/mol. The zero-order valence-corrected chi connectivity index (χ0v) is 10.0. The van der Waals surface area contributed by atoms with E-state index in [0.29, 0.717) is 11.6 Å². The van der Waals surface area contributed by atoms with Crippen molar-refractivity contribution in [3.63, 3.8) is 0 Å². The molecule has 1 aliphatic rings. The largest absolute Gasteiger partial charge is 0.384 e. The molecule has 3 N–H and O–H groups in total. The van der Waals surface area contributed by atoms with Crippen LogP contribution in [-0.2, 0) is 6.54 Å². The number of amidine groups is 1. The number of hydrogen-bond acceptors (Lipinski definition) is 2. The molecule has 0 aliphatic heterocycles. The summed E-state index contributed by atoms with van der Waals surface area (Å²) in [7, 11) is 0. The number of nitrogens with zero attached hydrogens (tertiary/aromatic N) is 1. The van der Waals surface area contributed by atoms with Gasteiger partial charge in [0.2, 0.25) is 0 Å². The van der Waals surface area contributed by atoms with Crippen LogP contribution in [0.3, 0.4) is 0 Å². The second-order valence-electron chi connectivity index (χ2n) is 4.51. The maximum absolute atomic E-state index is 13.1. The normalized spacial score (nSPS) is 15.2. The van der Waals surface area contributed by atoms with Crippen LogP contribution >= 0.6 is 0 Å². The van der Waals surface area contributed by atoms with Crippen LogP contribution in [0.2, 0.25) is 0 Å². The van der Waals surface area contributed by atoms with Crippen LogP contribution in [0.25, 0.3) is 0 Å². The Hall–Kier alpha value is -1.42. The summed E-state index contributed by atoms with van der Waals surface area (Å²) < 4.78 is 13.1. The number of halogens is 1. The van der Waals surface area contributed by atoms with Crippen LogP contribution in [0.5, 0.6) is 0 Å². The van der Waals surface area contributed by atoms with E-state index in [2.05, 4.69) is 11.8 Å². The quantitative estimate of drug-likeness (QED) is 0.606. The van der Waals surface area contributed by atoms with Gasteiger partial charge >= 0.3 is 0 Å². The van der Waals surface area contributed by atoms with Gasteiger partial charge < -0.3 is 5.73 Å². The van der Waals surface area contributed by atoms with E-state index in [1.165, 1.54) is 25.0 Å². The smallest absolute Gasteiger partial charge is 0.123 e. The molecule has 0 aromatic heterocycles. The number of nitrogen functional groups attached to an aromatic ring is 1. The van der Waals surface area contributed by atoms with Crippen molar-refractivity contribution >= 4 is 5.84 Å². The summed E-state index contributed by atoms with van der Waals surface area (Å²) in [5, 5.41) is 7.49. The van der Waals surface area contributed by atoms with Crippen molar-refractivity contribution in [2.24, 2.45) is 5.73 Å². The SMILES string of the molecule is CCN(Cc1ccc(F)cc1C(=N)N)C1CC1. The average Bonchev–Trinajstić information content (AvgIpc) is 3.11. The van der Waals surface area contributed by atoms with Gasteiger partial charge in [-0.2, -0.15) is 0 Å². The lowest BCUT2D eigenvalue weighted by Crippen LogP contribution is -2.27. The molecule has 1 saturated carbocycles. The predicted octanol–water partition coefficient (Wildman–Crippen LogP) is 2.09. The summed E-state index contributed by atoms with van der Waals surface area (Å²) in [6.07, 6.45) is 2.48. The molecule has 92 valence electrons. The van der Waals surface area contributed by atoms with Crippen molar-refractivity contribution in [2.75, 3.05) is 6.54 Å². The first-order valence-corrected chi connectivity index (χ1v) is 5.98. The molecule has 0 unspecified atom stereocenters. The van der Waals surface area contributed by atoms with E-state index < -0.39 is 0 Å². The highest BCUT2D eigenvalue weighted by Crippen LogP contribution is 2.28. The minimum Gasteiger partial charge on any atom is -0.384 e. The first-order chi connectivity index (χ1) is 8.11. The monoisotopic (exact) mass is 235 g/mol. The van der Waals surface area contributed by atoms with Crippen molar-refractivity contribution in [3.05, 3.63) is 35.1 Å². The first-order valence-electron chi connectivity index (χ1n) is 5.98.